The zero-order valence-electron chi connectivity index (χ0n) is 11.2. The van der Waals surface area contributed by atoms with Crippen molar-refractivity contribution in [3.63, 3.8) is 0 Å². The Labute approximate surface area is 119 Å². The Morgan fingerprint density at radius 3 is 2.35 bits per heavy atom. The SMILES string of the molecule is CS(=O)(=O)c1ccc(CNS(=O)(=O)C2CCNC2)cc1. The molecule has 1 atom stereocenters. The number of sulfone groups is 1. The average molecular weight is 318 g/mol. The lowest BCUT2D eigenvalue weighted by Crippen LogP contribution is -2.35. The van der Waals surface area contributed by atoms with Crippen molar-refractivity contribution in [1.29, 1.82) is 0 Å². The molecule has 1 aromatic rings. The molecular formula is C12H18N2O4S2. The molecule has 2 N–H and O–H groups in total. The maximum absolute atomic E-state index is 12.0. The summed E-state index contributed by atoms with van der Waals surface area (Å²) in [6.07, 6.45) is 1.75. The quantitative estimate of drug-likeness (QED) is 0.789. The largest absolute Gasteiger partial charge is 0.315 e. The summed E-state index contributed by atoms with van der Waals surface area (Å²) in [5.41, 5.74) is 0.729. The minimum atomic E-state index is -3.33. The van der Waals surface area contributed by atoms with Gasteiger partial charge in [-0.25, -0.2) is 21.6 Å². The van der Waals surface area contributed by atoms with E-state index in [9.17, 15) is 16.8 Å². The smallest absolute Gasteiger partial charge is 0.216 e. The zero-order chi connectivity index (χ0) is 14.8. The highest BCUT2D eigenvalue weighted by atomic mass is 32.2. The van der Waals surface area contributed by atoms with Crippen molar-refractivity contribution in [2.45, 2.75) is 23.1 Å². The summed E-state index contributed by atoms with van der Waals surface area (Å²) in [5.74, 6) is 0. The molecule has 1 aliphatic heterocycles. The van der Waals surface area contributed by atoms with Crippen molar-refractivity contribution >= 4 is 19.9 Å². The maximum Gasteiger partial charge on any atom is 0.216 e. The molecule has 1 heterocycles. The van der Waals surface area contributed by atoms with Crippen LogP contribution in [0, 0.1) is 0 Å². The van der Waals surface area contributed by atoms with Gasteiger partial charge in [0.25, 0.3) is 0 Å². The fraction of sp³-hybridized carbons (Fsp3) is 0.500. The molecule has 2 rings (SSSR count). The Bertz CT molecular complexity index is 660. The van der Waals surface area contributed by atoms with E-state index in [0.717, 1.165) is 11.8 Å². The van der Waals surface area contributed by atoms with Crippen molar-refractivity contribution < 1.29 is 16.8 Å². The molecule has 0 aromatic heterocycles. The van der Waals surface area contributed by atoms with Crippen LogP contribution >= 0.6 is 0 Å². The second kappa shape index (κ2) is 5.80. The van der Waals surface area contributed by atoms with Crippen LogP contribution in [0.3, 0.4) is 0 Å². The number of nitrogens with one attached hydrogen (secondary N) is 2. The van der Waals surface area contributed by atoms with E-state index >= 15 is 0 Å². The highest BCUT2D eigenvalue weighted by Gasteiger charge is 2.27. The fourth-order valence-electron chi connectivity index (χ4n) is 2.05. The van der Waals surface area contributed by atoms with Gasteiger partial charge in [0, 0.05) is 19.3 Å². The summed E-state index contributed by atoms with van der Waals surface area (Å²) in [5, 5.41) is 2.62. The van der Waals surface area contributed by atoms with Crippen molar-refractivity contribution in [3.8, 4) is 0 Å². The van der Waals surface area contributed by atoms with E-state index in [2.05, 4.69) is 10.0 Å². The van der Waals surface area contributed by atoms with Crippen LogP contribution in [0.25, 0.3) is 0 Å². The first-order valence-electron chi connectivity index (χ1n) is 6.27. The summed E-state index contributed by atoms with van der Waals surface area (Å²) >= 11 is 0. The van der Waals surface area contributed by atoms with Gasteiger partial charge >= 0.3 is 0 Å². The van der Waals surface area contributed by atoms with Gasteiger partial charge in [0.2, 0.25) is 10.0 Å². The van der Waals surface area contributed by atoms with Crippen LogP contribution in [-0.2, 0) is 26.4 Å². The molecule has 1 fully saturated rings. The zero-order valence-corrected chi connectivity index (χ0v) is 12.8. The molecule has 0 spiro atoms. The Morgan fingerprint density at radius 2 is 1.85 bits per heavy atom. The molecule has 0 aliphatic carbocycles. The summed E-state index contributed by atoms with van der Waals surface area (Å²) in [4.78, 5) is 0.226. The van der Waals surface area contributed by atoms with Crippen LogP contribution < -0.4 is 10.0 Å². The highest BCUT2D eigenvalue weighted by molar-refractivity contribution is 7.90. The molecule has 1 saturated heterocycles. The lowest BCUT2D eigenvalue weighted by Gasteiger charge is -2.12. The first-order chi connectivity index (χ1) is 9.29. The molecule has 112 valence electrons. The van der Waals surface area contributed by atoms with Gasteiger partial charge in [-0.2, -0.15) is 0 Å². The van der Waals surface area contributed by atoms with Gasteiger partial charge < -0.3 is 5.32 Å². The molecule has 0 saturated carbocycles. The molecule has 1 aliphatic rings. The van der Waals surface area contributed by atoms with Gasteiger partial charge in [0.05, 0.1) is 10.1 Å². The van der Waals surface area contributed by atoms with Gasteiger partial charge in [-0.15, -0.1) is 0 Å². The summed E-state index contributed by atoms with van der Waals surface area (Å²) in [6, 6.07) is 6.20. The van der Waals surface area contributed by atoms with Crippen LogP contribution in [-0.4, -0.2) is 41.4 Å². The Morgan fingerprint density at radius 1 is 1.20 bits per heavy atom. The number of hydrogen-bond acceptors (Lipinski definition) is 5. The van der Waals surface area contributed by atoms with Crippen LogP contribution in [0.2, 0.25) is 0 Å². The normalized spacial score (nSPS) is 20.1. The van der Waals surface area contributed by atoms with E-state index in [1.807, 2.05) is 0 Å². The summed E-state index contributed by atoms with van der Waals surface area (Å²) < 4.78 is 49.2. The monoisotopic (exact) mass is 318 g/mol. The second-order valence-corrected chi connectivity index (χ2v) is 8.96. The van der Waals surface area contributed by atoms with Gasteiger partial charge in [0.1, 0.15) is 0 Å². The van der Waals surface area contributed by atoms with Crippen molar-refractivity contribution in [1.82, 2.24) is 10.0 Å². The van der Waals surface area contributed by atoms with Gasteiger partial charge in [-0.3, -0.25) is 0 Å². The van der Waals surface area contributed by atoms with Gasteiger partial charge in [-0.1, -0.05) is 12.1 Å². The third-order valence-electron chi connectivity index (χ3n) is 3.28. The number of hydrogen-bond donors (Lipinski definition) is 2. The maximum atomic E-state index is 12.0. The lowest BCUT2D eigenvalue weighted by atomic mass is 10.2. The predicted octanol–water partition coefficient (Wildman–Crippen LogP) is -0.129. The minimum Gasteiger partial charge on any atom is -0.315 e. The fourth-order valence-corrected chi connectivity index (χ4v) is 4.05. The number of rotatable bonds is 5. The van der Waals surface area contributed by atoms with Gasteiger partial charge in [-0.05, 0) is 30.7 Å². The predicted molar refractivity (Wildman–Crippen MR) is 76.6 cm³/mol. The van der Waals surface area contributed by atoms with Crippen LogP contribution in [0.5, 0.6) is 0 Å². The Kier molecular flexibility index (Phi) is 4.48. The average Bonchev–Trinajstić information content (AvgIpc) is 2.90. The van der Waals surface area contributed by atoms with Crippen molar-refractivity contribution in [2.24, 2.45) is 0 Å². The first-order valence-corrected chi connectivity index (χ1v) is 9.71. The van der Waals surface area contributed by atoms with E-state index in [4.69, 9.17) is 0 Å². The minimum absolute atomic E-state index is 0.170. The molecule has 8 heteroatoms. The van der Waals surface area contributed by atoms with E-state index in [1.165, 1.54) is 12.1 Å². The van der Waals surface area contributed by atoms with Crippen molar-refractivity contribution in [2.75, 3.05) is 19.3 Å². The third kappa shape index (κ3) is 3.78. The van der Waals surface area contributed by atoms with E-state index in [1.54, 1.807) is 12.1 Å². The third-order valence-corrected chi connectivity index (χ3v) is 6.24. The highest BCUT2D eigenvalue weighted by Crippen LogP contribution is 2.12. The molecule has 0 radical (unpaired) electrons. The lowest BCUT2D eigenvalue weighted by molar-refractivity contribution is 0.567. The van der Waals surface area contributed by atoms with E-state index in [0.29, 0.717) is 19.5 Å². The van der Waals surface area contributed by atoms with Crippen LogP contribution in [0.15, 0.2) is 29.2 Å². The van der Waals surface area contributed by atoms with Crippen LogP contribution in [0.1, 0.15) is 12.0 Å². The Balaban J connectivity index is 2.01. The van der Waals surface area contributed by atoms with E-state index < -0.39 is 25.1 Å². The topological polar surface area (TPSA) is 92.3 Å². The second-order valence-electron chi connectivity index (χ2n) is 4.90. The van der Waals surface area contributed by atoms with Crippen LogP contribution in [0.4, 0.5) is 0 Å². The van der Waals surface area contributed by atoms with Crippen molar-refractivity contribution in [3.05, 3.63) is 29.8 Å². The molecule has 1 unspecified atom stereocenters. The molecule has 0 bridgehead atoms. The summed E-state index contributed by atoms with van der Waals surface area (Å²) in [7, 11) is -6.55. The van der Waals surface area contributed by atoms with Gasteiger partial charge in [0.15, 0.2) is 9.84 Å². The standard InChI is InChI=1S/C12H18N2O4S2/c1-19(15,16)11-4-2-10(3-5-11)8-14-20(17,18)12-6-7-13-9-12/h2-5,12-14H,6-9H2,1H3. The first kappa shape index (κ1) is 15.4. The summed E-state index contributed by atoms with van der Waals surface area (Å²) in [6.45, 7) is 1.36. The molecule has 0 amide bonds. The number of sulfonamides is 1. The Hall–Kier alpha value is -0.960. The molecule has 6 nitrogen and oxygen atoms in total. The number of benzene rings is 1. The molecule has 20 heavy (non-hydrogen) atoms. The molecule has 1 aromatic carbocycles. The van der Waals surface area contributed by atoms with E-state index in [-0.39, 0.29) is 11.4 Å². The molecular weight excluding hydrogens is 300 g/mol.